The molecule has 1 aliphatic rings. The maximum atomic E-state index is 13.5. The van der Waals surface area contributed by atoms with E-state index in [1.165, 1.54) is 19.1 Å². The van der Waals surface area contributed by atoms with Crippen LogP contribution in [0.4, 0.5) is 15.9 Å². The minimum Gasteiger partial charge on any atom is -0.340 e. The number of hydrogen-bond acceptors (Lipinski definition) is 6. The van der Waals surface area contributed by atoms with Gasteiger partial charge in [-0.15, -0.1) is 0 Å². The highest BCUT2D eigenvalue weighted by atomic mass is 19.1. The lowest BCUT2D eigenvalue weighted by Crippen LogP contribution is -2.56. The van der Waals surface area contributed by atoms with E-state index in [0.29, 0.717) is 24.6 Å². The molecule has 0 unspecified atom stereocenters. The van der Waals surface area contributed by atoms with Crippen molar-refractivity contribution in [3.8, 4) is 11.3 Å². The number of nitroso groups, excluding NO2 is 1. The van der Waals surface area contributed by atoms with E-state index in [2.05, 4.69) is 10.5 Å². The van der Waals surface area contributed by atoms with Gasteiger partial charge in [-0.1, -0.05) is 22.9 Å². The summed E-state index contributed by atoms with van der Waals surface area (Å²) < 4.78 is 15.5. The molecule has 9 heteroatoms. The molecule has 166 valence electrons. The Morgan fingerprint density at radius 2 is 1.88 bits per heavy atom. The molecule has 0 spiro atoms. The third kappa shape index (κ3) is 4.24. The zero-order valence-electron chi connectivity index (χ0n) is 18.0. The topological polar surface area (TPSA) is 106 Å². The number of fused-ring (bicyclic) bond motifs is 1. The van der Waals surface area contributed by atoms with E-state index in [1.54, 1.807) is 17.0 Å². The highest BCUT2D eigenvalue weighted by Crippen LogP contribution is 2.33. The molecule has 2 heterocycles. The molecular formula is C23H25FN6O2. The monoisotopic (exact) mass is 436 g/mol. The fraction of sp³-hybridized carbons (Fsp3) is 0.304. The summed E-state index contributed by atoms with van der Waals surface area (Å²) in [6, 6.07) is 14.1. The molecule has 0 saturated heterocycles. The summed E-state index contributed by atoms with van der Waals surface area (Å²) in [4.78, 5) is 29.9. The number of aryl methyl sites for hydroxylation is 1. The molecule has 8 nitrogen and oxygen atoms in total. The van der Waals surface area contributed by atoms with Gasteiger partial charge in [0, 0.05) is 24.3 Å². The van der Waals surface area contributed by atoms with Crippen LogP contribution >= 0.6 is 0 Å². The molecule has 0 bridgehead atoms. The molecule has 2 aromatic carbocycles. The largest absolute Gasteiger partial charge is 0.340 e. The van der Waals surface area contributed by atoms with E-state index in [4.69, 9.17) is 10.7 Å². The molecule has 0 radical (unpaired) electrons. The lowest BCUT2D eigenvalue weighted by Gasteiger charge is -2.33. The van der Waals surface area contributed by atoms with Crippen LogP contribution in [0.25, 0.3) is 11.3 Å². The van der Waals surface area contributed by atoms with Gasteiger partial charge in [0.1, 0.15) is 35.2 Å². The zero-order valence-corrected chi connectivity index (χ0v) is 18.0. The van der Waals surface area contributed by atoms with Gasteiger partial charge in [-0.25, -0.2) is 9.37 Å². The van der Waals surface area contributed by atoms with Crippen LogP contribution in [0.3, 0.4) is 0 Å². The summed E-state index contributed by atoms with van der Waals surface area (Å²) in [5, 5.41) is 6.24. The molecule has 3 N–H and O–H groups in total. The second kappa shape index (κ2) is 8.51. The number of halogens is 1. The first kappa shape index (κ1) is 21.6. The highest BCUT2D eigenvalue weighted by molar-refractivity contribution is 5.86. The van der Waals surface area contributed by atoms with Gasteiger partial charge in [0.15, 0.2) is 0 Å². The van der Waals surface area contributed by atoms with Crippen molar-refractivity contribution in [1.82, 2.24) is 14.5 Å². The molecule has 1 aromatic heterocycles. The van der Waals surface area contributed by atoms with Gasteiger partial charge < -0.3 is 20.5 Å². The van der Waals surface area contributed by atoms with Gasteiger partial charge in [0.25, 0.3) is 0 Å². The minimum atomic E-state index is -1.36. The van der Waals surface area contributed by atoms with Crippen LogP contribution in [0.1, 0.15) is 18.3 Å². The number of rotatable bonds is 6. The van der Waals surface area contributed by atoms with Crippen LogP contribution in [-0.2, 0) is 17.9 Å². The summed E-state index contributed by atoms with van der Waals surface area (Å²) in [6.45, 7) is 4.39. The molecule has 0 aliphatic carbocycles. The van der Waals surface area contributed by atoms with Crippen LogP contribution in [0.15, 0.2) is 53.7 Å². The summed E-state index contributed by atoms with van der Waals surface area (Å²) in [6.07, 6.45) is 0. The SMILES string of the molecule is Cc1ccc(Nc2c(-c3ccc(F)cc3)nc3n2CCN(C(=O)[C@](C)(N)CN=O)C3)cc1. The van der Waals surface area contributed by atoms with Crippen LogP contribution in [0.2, 0.25) is 0 Å². The lowest BCUT2D eigenvalue weighted by atomic mass is 10.0. The third-order valence-electron chi connectivity index (χ3n) is 5.57. The van der Waals surface area contributed by atoms with E-state index in [0.717, 1.165) is 22.6 Å². The summed E-state index contributed by atoms with van der Waals surface area (Å²) in [5.41, 5.74) is 8.12. The average molecular weight is 436 g/mol. The van der Waals surface area contributed by atoms with E-state index in [1.807, 2.05) is 35.8 Å². The van der Waals surface area contributed by atoms with Gasteiger partial charge in [-0.2, -0.15) is 4.91 Å². The maximum absolute atomic E-state index is 13.5. The van der Waals surface area contributed by atoms with Gasteiger partial charge in [0.2, 0.25) is 5.91 Å². The molecular weight excluding hydrogens is 411 g/mol. The van der Waals surface area contributed by atoms with Gasteiger partial charge >= 0.3 is 0 Å². The van der Waals surface area contributed by atoms with Crippen LogP contribution in [0.5, 0.6) is 0 Å². The van der Waals surface area contributed by atoms with Crippen molar-refractivity contribution in [2.45, 2.75) is 32.5 Å². The van der Waals surface area contributed by atoms with Crippen molar-refractivity contribution in [3.63, 3.8) is 0 Å². The minimum absolute atomic E-state index is 0.244. The number of nitrogens with one attached hydrogen (secondary N) is 1. The Balaban J connectivity index is 1.71. The molecule has 0 fully saturated rings. The Bertz CT molecular complexity index is 1140. The molecule has 32 heavy (non-hydrogen) atoms. The van der Waals surface area contributed by atoms with Gasteiger partial charge in [0.05, 0.1) is 6.54 Å². The maximum Gasteiger partial charge on any atom is 0.244 e. The van der Waals surface area contributed by atoms with Crippen molar-refractivity contribution in [3.05, 3.63) is 70.6 Å². The number of benzene rings is 2. The zero-order chi connectivity index (χ0) is 22.9. The fourth-order valence-corrected chi connectivity index (χ4v) is 3.78. The summed E-state index contributed by atoms with van der Waals surface area (Å²) in [5.74, 6) is 0.775. The molecule has 4 rings (SSSR count). The van der Waals surface area contributed by atoms with Crippen molar-refractivity contribution in [1.29, 1.82) is 0 Å². The Morgan fingerprint density at radius 1 is 1.19 bits per heavy atom. The number of anilines is 2. The summed E-state index contributed by atoms with van der Waals surface area (Å²) in [7, 11) is 0. The first-order chi connectivity index (χ1) is 15.3. The second-order valence-electron chi connectivity index (χ2n) is 8.31. The smallest absolute Gasteiger partial charge is 0.244 e. The molecule has 0 saturated carbocycles. The van der Waals surface area contributed by atoms with Crippen molar-refractivity contribution < 1.29 is 9.18 Å². The van der Waals surface area contributed by atoms with Crippen LogP contribution in [0, 0.1) is 17.6 Å². The Kier molecular flexibility index (Phi) is 5.75. The first-order valence-electron chi connectivity index (χ1n) is 10.3. The molecule has 3 aromatic rings. The standard InChI is InChI=1S/C23H25FN6O2/c1-15-3-9-18(10-4-15)27-21-20(16-5-7-17(24)8-6-16)28-19-13-29(11-12-30(19)21)22(31)23(2,25)14-26-32/h3-10,27H,11-14,25H2,1-2H3/t23-/m1/s1. The number of carbonyl (C=O) groups is 1. The Hall–Kier alpha value is -3.59. The number of carbonyl (C=O) groups excluding carboxylic acids is 1. The number of nitrogens with zero attached hydrogens (tertiary/aromatic N) is 4. The number of imidazole rings is 1. The average Bonchev–Trinajstić information content (AvgIpc) is 3.12. The summed E-state index contributed by atoms with van der Waals surface area (Å²) >= 11 is 0. The van der Waals surface area contributed by atoms with Crippen molar-refractivity contribution in [2.75, 3.05) is 18.4 Å². The molecule has 1 atom stereocenters. The van der Waals surface area contributed by atoms with E-state index in [-0.39, 0.29) is 24.8 Å². The number of aromatic nitrogens is 2. The van der Waals surface area contributed by atoms with Crippen LogP contribution in [-0.4, -0.2) is 39.0 Å². The van der Waals surface area contributed by atoms with E-state index < -0.39 is 5.54 Å². The highest BCUT2D eigenvalue weighted by Gasteiger charge is 2.36. The lowest BCUT2D eigenvalue weighted by molar-refractivity contribution is -0.137. The second-order valence-corrected chi connectivity index (χ2v) is 8.31. The molecule has 1 amide bonds. The first-order valence-corrected chi connectivity index (χ1v) is 10.3. The third-order valence-corrected chi connectivity index (χ3v) is 5.57. The predicted molar refractivity (Wildman–Crippen MR) is 121 cm³/mol. The normalized spacial score (nSPS) is 15.1. The van der Waals surface area contributed by atoms with Gasteiger partial charge in [-0.3, -0.25) is 4.79 Å². The van der Waals surface area contributed by atoms with Crippen molar-refractivity contribution in [2.24, 2.45) is 10.9 Å². The Morgan fingerprint density at radius 3 is 2.53 bits per heavy atom. The Labute approximate surface area is 185 Å². The van der Waals surface area contributed by atoms with E-state index >= 15 is 0 Å². The number of hydrogen-bond donors (Lipinski definition) is 2. The van der Waals surface area contributed by atoms with E-state index in [9.17, 15) is 14.1 Å². The number of nitrogens with two attached hydrogens (primary N) is 1. The molecule has 1 aliphatic heterocycles. The number of amides is 1. The quantitative estimate of drug-likeness (QED) is 0.575. The predicted octanol–water partition coefficient (Wildman–Crippen LogP) is 3.57. The fourth-order valence-electron chi connectivity index (χ4n) is 3.78. The van der Waals surface area contributed by atoms with Crippen LogP contribution < -0.4 is 11.1 Å². The van der Waals surface area contributed by atoms with Gasteiger partial charge in [-0.05, 0) is 50.2 Å². The van der Waals surface area contributed by atoms with Crippen molar-refractivity contribution >= 4 is 17.4 Å².